The second kappa shape index (κ2) is 5.12. The molecule has 0 aromatic heterocycles. The molecule has 21 heavy (non-hydrogen) atoms. The van der Waals surface area contributed by atoms with Gasteiger partial charge in [0, 0.05) is 11.6 Å². The van der Waals surface area contributed by atoms with E-state index in [1.165, 1.54) is 6.92 Å². The summed E-state index contributed by atoms with van der Waals surface area (Å²) < 4.78 is 66.5. The van der Waals surface area contributed by atoms with Crippen LogP contribution in [0.5, 0.6) is 0 Å². The summed E-state index contributed by atoms with van der Waals surface area (Å²) in [5.74, 6) is -10.6. The van der Waals surface area contributed by atoms with Crippen LogP contribution in [-0.4, -0.2) is 4.92 Å². The van der Waals surface area contributed by atoms with Gasteiger partial charge < -0.3 is 0 Å². The van der Waals surface area contributed by atoms with Gasteiger partial charge >= 0.3 is 0 Å². The normalized spacial score (nSPS) is 10.8. The van der Waals surface area contributed by atoms with Crippen molar-refractivity contribution in [2.75, 3.05) is 0 Å². The van der Waals surface area contributed by atoms with E-state index in [1.807, 2.05) is 0 Å². The lowest BCUT2D eigenvalue weighted by Crippen LogP contribution is -2.04. The first-order chi connectivity index (χ1) is 9.75. The Morgan fingerprint density at radius 2 is 1.38 bits per heavy atom. The van der Waals surface area contributed by atoms with E-state index in [0.29, 0.717) is 0 Å². The summed E-state index contributed by atoms with van der Waals surface area (Å²) in [4.78, 5) is 9.96. The maximum Gasteiger partial charge on any atom is 0.272 e. The number of nitro groups is 1. The number of nitrogens with zero attached hydrogens (tertiary/aromatic N) is 1. The van der Waals surface area contributed by atoms with E-state index in [-0.39, 0.29) is 5.56 Å². The fourth-order valence-electron chi connectivity index (χ4n) is 1.82. The molecule has 2 aromatic carbocycles. The Labute approximate surface area is 114 Å². The SMILES string of the molecule is Cc1ccc(-c2c(F)c(F)c(F)c(F)c2F)cc1[N+](=O)[O-]. The molecule has 8 heteroatoms. The third kappa shape index (κ3) is 2.32. The highest BCUT2D eigenvalue weighted by atomic mass is 19.2. The van der Waals surface area contributed by atoms with Crippen molar-refractivity contribution in [2.24, 2.45) is 0 Å². The van der Waals surface area contributed by atoms with Gasteiger partial charge in [-0.2, -0.15) is 0 Å². The molecule has 0 atom stereocenters. The van der Waals surface area contributed by atoms with Gasteiger partial charge in [0.1, 0.15) is 0 Å². The van der Waals surface area contributed by atoms with Gasteiger partial charge in [-0.1, -0.05) is 12.1 Å². The highest BCUT2D eigenvalue weighted by Gasteiger charge is 2.27. The van der Waals surface area contributed by atoms with Crippen LogP contribution in [0.4, 0.5) is 27.6 Å². The predicted octanol–water partition coefficient (Wildman–Crippen LogP) is 4.27. The standard InChI is InChI=1S/C13H6F5NO2/c1-5-2-3-6(4-7(5)19(20)21)8-9(14)11(16)13(18)12(17)10(8)15/h2-4H,1H3. The highest BCUT2D eigenvalue weighted by Crippen LogP contribution is 2.34. The smallest absolute Gasteiger partial charge is 0.258 e. The summed E-state index contributed by atoms with van der Waals surface area (Å²) in [6.45, 7) is 1.38. The van der Waals surface area contributed by atoms with Crippen molar-refractivity contribution < 1.29 is 26.9 Å². The van der Waals surface area contributed by atoms with Crippen LogP contribution in [0.15, 0.2) is 18.2 Å². The molecule has 3 nitrogen and oxygen atoms in total. The lowest BCUT2D eigenvalue weighted by molar-refractivity contribution is -0.385. The van der Waals surface area contributed by atoms with Gasteiger partial charge in [0.2, 0.25) is 5.82 Å². The van der Waals surface area contributed by atoms with Crippen molar-refractivity contribution in [3.63, 3.8) is 0 Å². The average molecular weight is 303 g/mol. The molecule has 0 saturated carbocycles. The number of halogens is 5. The summed E-state index contributed by atoms with van der Waals surface area (Å²) in [5, 5.41) is 10.8. The molecule has 0 amide bonds. The van der Waals surface area contributed by atoms with Crippen molar-refractivity contribution in [3.8, 4) is 11.1 Å². The monoisotopic (exact) mass is 303 g/mol. The van der Waals surface area contributed by atoms with E-state index >= 15 is 0 Å². The predicted molar refractivity (Wildman–Crippen MR) is 63.1 cm³/mol. The lowest BCUT2D eigenvalue weighted by atomic mass is 10.0. The van der Waals surface area contributed by atoms with Gasteiger partial charge in [0.15, 0.2) is 23.3 Å². The van der Waals surface area contributed by atoms with E-state index in [4.69, 9.17) is 0 Å². The fourth-order valence-corrected chi connectivity index (χ4v) is 1.82. The van der Waals surface area contributed by atoms with Crippen molar-refractivity contribution in [2.45, 2.75) is 6.92 Å². The van der Waals surface area contributed by atoms with E-state index in [1.54, 1.807) is 0 Å². The second-order valence-electron chi connectivity index (χ2n) is 4.20. The first-order valence-corrected chi connectivity index (χ1v) is 5.52. The molecule has 2 rings (SSSR count). The van der Waals surface area contributed by atoms with Crippen LogP contribution < -0.4 is 0 Å². The van der Waals surface area contributed by atoms with E-state index in [9.17, 15) is 32.1 Å². The van der Waals surface area contributed by atoms with Crippen molar-refractivity contribution in [1.82, 2.24) is 0 Å². The Morgan fingerprint density at radius 3 is 1.86 bits per heavy atom. The molecule has 110 valence electrons. The number of hydrogen-bond donors (Lipinski definition) is 0. The van der Waals surface area contributed by atoms with E-state index in [0.717, 1.165) is 18.2 Å². The molecular weight excluding hydrogens is 297 g/mol. The molecule has 0 aliphatic heterocycles. The maximum atomic E-state index is 13.6. The molecule has 2 aromatic rings. The second-order valence-corrected chi connectivity index (χ2v) is 4.20. The average Bonchev–Trinajstić information content (AvgIpc) is 2.44. The van der Waals surface area contributed by atoms with Gasteiger partial charge in [0.05, 0.1) is 10.5 Å². The summed E-state index contributed by atoms with van der Waals surface area (Å²) in [6, 6.07) is 2.96. The molecule has 0 aliphatic carbocycles. The Hall–Kier alpha value is -2.51. The van der Waals surface area contributed by atoms with Crippen molar-refractivity contribution >= 4 is 5.69 Å². The molecule has 0 N–H and O–H groups in total. The molecular formula is C13H6F5NO2. The third-order valence-corrected chi connectivity index (χ3v) is 2.90. The van der Waals surface area contributed by atoms with Crippen molar-refractivity contribution in [1.29, 1.82) is 0 Å². The van der Waals surface area contributed by atoms with E-state index < -0.39 is 50.8 Å². The minimum absolute atomic E-state index is 0.188. The highest BCUT2D eigenvalue weighted by molar-refractivity contribution is 5.69. The zero-order chi connectivity index (χ0) is 15.9. The Morgan fingerprint density at radius 1 is 0.905 bits per heavy atom. The zero-order valence-electron chi connectivity index (χ0n) is 10.4. The summed E-state index contributed by atoms with van der Waals surface area (Å²) in [6.07, 6.45) is 0. The Balaban J connectivity index is 2.80. The van der Waals surface area contributed by atoms with Crippen LogP contribution in [0.2, 0.25) is 0 Å². The fraction of sp³-hybridized carbons (Fsp3) is 0.0769. The molecule has 0 saturated heterocycles. The number of benzene rings is 2. The summed E-state index contributed by atoms with van der Waals surface area (Å²) >= 11 is 0. The Kier molecular flexibility index (Phi) is 3.63. The number of nitro benzene ring substituents is 1. The van der Waals surface area contributed by atoms with Gasteiger partial charge in [-0.05, 0) is 12.5 Å². The molecule has 0 radical (unpaired) electrons. The first-order valence-electron chi connectivity index (χ1n) is 5.52. The number of hydrogen-bond acceptors (Lipinski definition) is 2. The maximum absolute atomic E-state index is 13.6. The van der Waals surface area contributed by atoms with Gasteiger partial charge in [0.25, 0.3) is 5.69 Å². The van der Waals surface area contributed by atoms with Crippen LogP contribution in [0, 0.1) is 46.1 Å². The number of aryl methyl sites for hydroxylation is 1. The van der Waals surface area contributed by atoms with Crippen molar-refractivity contribution in [3.05, 3.63) is 63.0 Å². The molecule has 0 heterocycles. The zero-order valence-corrected chi connectivity index (χ0v) is 10.4. The minimum Gasteiger partial charge on any atom is -0.258 e. The molecule has 0 unspecified atom stereocenters. The molecule has 0 bridgehead atoms. The van der Waals surface area contributed by atoms with Crippen LogP contribution in [0.1, 0.15) is 5.56 Å². The van der Waals surface area contributed by atoms with Crippen LogP contribution >= 0.6 is 0 Å². The summed E-state index contributed by atoms with van der Waals surface area (Å²) in [5.41, 5.74) is -1.97. The molecule has 0 fully saturated rings. The van der Waals surface area contributed by atoms with Crippen LogP contribution in [-0.2, 0) is 0 Å². The third-order valence-electron chi connectivity index (χ3n) is 2.90. The largest absolute Gasteiger partial charge is 0.272 e. The lowest BCUT2D eigenvalue weighted by Gasteiger charge is -2.09. The quantitative estimate of drug-likeness (QED) is 0.273. The van der Waals surface area contributed by atoms with E-state index in [2.05, 4.69) is 0 Å². The van der Waals surface area contributed by atoms with Gasteiger partial charge in [-0.25, -0.2) is 22.0 Å². The van der Waals surface area contributed by atoms with Crippen LogP contribution in [0.3, 0.4) is 0 Å². The van der Waals surface area contributed by atoms with Crippen LogP contribution in [0.25, 0.3) is 11.1 Å². The summed E-state index contributed by atoms with van der Waals surface area (Å²) in [7, 11) is 0. The van der Waals surface area contributed by atoms with Gasteiger partial charge in [-0.15, -0.1) is 0 Å². The molecule has 0 aliphatic rings. The Bertz CT molecular complexity index is 732. The molecule has 0 spiro atoms. The minimum atomic E-state index is -2.28. The topological polar surface area (TPSA) is 43.1 Å². The van der Waals surface area contributed by atoms with Gasteiger partial charge in [-0.3, -0.25) is 10.1 Å². The number of rotatable bonds is 2. The first kappa shape index (κ1) is 14.9.